The molecule has 1 aromatic carbocycles. The predicted molar refractivity (Wildman–Crippen MR) is 87.3 cm³/mol. The van der Waals surface area contributed by atoms with E-state index in [1.807, 2.05) is 0 Å². The normalized spacial score (nSPS) is 29.5. The summed E-state index contributed by atoms with van der Waals surface area (Å²) in [5.41, 5.74) is 5.38. The first-order chi connectivity index (χ1) is 10.3. The molecule has 0 amide bonds. The van der Waals surface area contributed by atoms with Crippen LogP contribution in [0.2, 0.25) is 0 Å². The van der Waals surface area contributed by atoms with Crippen LogP contribution >= 0.6 is 15.9 Å². The summed E-state index contributed by atoms with van der Waals surface area (Å²) in [5.74, 6) is 3.99. The molecular formula is C18H19BrN2. The highest BCUT2D eigenvalue weighted by Crippen LogP contribution is 2.57. The molecule has 0 radical (unpaired) electrons. The lowest BCUT2D eigenvalue weighted by Crippen LogP contribution is -1.99. The third-order valence-corrected chi connectivity index (χ3v) is 6.12. The van der Waals surface area contributed by atoms with Gasteiger partial charge in [-0.05, 0) is 68.1 Å². The summed E-state index contributed by atoms with van der Waals surface area (Å²) in [6.07, 6.45) is 7.71. The Balaban J connectivity index is 1.57. The van der Waals surface area contributed by atoms with Crippen molar-refractivity contribution in [2.24, 2.45) is 11.8 Å². The molecule has 1 heterocycles. The number of nitrogens with zero attached hydrogens (tertiary/aromatic N) is 1. The van der Waals surface area contributed by atoms with E-state index in [0.717, 1.165) is 24.7 Å². The molecule has 2 fully saturated rings. The zero-order valence-corrected chi connectivity index (χ0v) is 13.6. The van der Waals surface area contributed by atoms with E-state index < -0.39 is 0 Å². The summed E-state index contributed by atoms with van der Waals surface area (Å²) in [6.45, 7) is 0. The van der Waals surface area contributed by atoms with Crippen molar-refractivity contribution in [1.29, 1.82) is 0 Å². The van der Waals surface area contributed by atoms with E-state index in [-0.39, 0.29) is 0 Å². The van der Waals surface area contributed by atoms with Crippen molar-refractivity contribution in [3.63, 3.8) is 0 Å². The molecule has 108 valence electrons. The summed E-state index contributed by atoms with van der Waals surface area (Å²) >= 11 is 3.60. The zero-order valence-electron chi connectivity index (χ0n) is 12.0. The van der Waals surface area contributed by atoms with E-state index in [9.17, 15) is 0 Å². The summed E-state index contributed by atoms with van der Waals surface area (Å²) in [5, 5.41) is 0. The average Bonchev–Trinajstić information content (AvgIpc) is 2.93. The van der Waals surface area contributed by atoms with E-state index in [1.165, 1.54) is 58.5 Å². The number of nitrogens with one attached hydrogen (secondary N) is 1. The van der Waals surface area contributed by atoms with Crippen molar-refractivity contribution in [2.75, 3.05) is 0 Å². The van der Waals surface area contributed by atoms with Crippen LogP contribution in [0.3, 0.4) is 0 Å². The third kappa shape index (κ3) is 2.01. The van der Waals surface area contributed by atoms with Crippen LogP contribution in [0.4, 0.5) is 0 Å². The molecule has 21 heavy (non-hydrogen) atoms. The van der Waals surface area contributed by atoms with Crippen LogP contribution in [-0.2, 0) is 12.8 Å². The molecule has 2 aromatic rings. The predicted octanol–water partition coefficient (Wildman–Crippen LogP) is 4.84. The highest BCUT2D eigenvalue weighted by atomic mass is 79.9. The quantitative estimate of drug-likeness (QED) is 0.788. The first kappa shape index (κ1) is 12.5. The lowest BCUT2D eigenvalue weighted by molar-refractivity contribution is 0.594. The van der Waals surface area contributed by atoms with Gasteiger partial charge in [-0.25, -0.2) is 4.98 Å². The first-order valence-corrected chi connectivity index (χ1v) is 8.95. The standard InChI is InChI=1S/C18H19BrN2/c19-14-4-5-15-10(9-14)2-1-3-16-17(15)21-18(20-16)13-7-11-6-12(11)8-13/h4-5,9,11-13H,1-3,6-8H2,(H,20,21)/t11-,12+,13?. The molecule has 1 aromatic heterocycles. The Morgan fingerprint density at radius 3 is 2.81 bits per heavy atom. The number of H-pyrrole nitrogens is 1. The highest BCUT2D eigenvalue weighted by molar-refractivity contribution is 9.10. The van der Waals surface area contributed by atoms with Gasteiger partial charge in [0.25, 0.3) is 0 Å². The molecule has 3 aliphatic carbocycles. The van der Waals surface area contributed by atoms with Gasteiger partial charge in [0.05, 0.1) is 5.69 Å². The second-order valence-electron chi connectivity index (χ2n) is 7.03. The van der Waals surface area contributed by atoms with Gasteiger partial charge in [-0.1, -0.05) is 22.0 Å². The Morgan fingerprint density at radius 2 is 1.95 bits per heavy atom. The molecule has 3 atom stereocenters. The molecule has 5 rings (SSSR count). The van der Waals surface area contributed by atoms with Crippen molar-refractivity contribution in [3.8, 4) is 11.3 Å². The van der Waals surface area contributed by atoms with Gasteiger partial charge in [0, 0.05) is 21.6 Å². The fraction of sp³-hybridized carbons (Fsp3) is 0.500. The molecule has 0 bridgehead atoms. The van der Waals surface area contributed by atoms with Crippen LogP contribution in [-0.4, -0.2) is 9.97 Å². The topological polar surface area (TPSA) is 28.7 Å². The maximum atomic E-state index is 5.05. The number of imidazole rings is 1. The smallest absolute Gasteiger partial charge is 0.110 e. The Labute approximate surface area is 133 Å². The number of hydrogen-bond donors (Lipinski definition) is 1. The fourth-order valence-corrected chi connectivity index (χ4v) is 4.83. The number of benzene rings is 1. The van der Waals surface area contributed by atoms with Crippen LogP contribution in [0.5, 0.6) is 0 Å². The second-order valence-corrected chi connectivity index (χ2v) is 7.94. The lowest BCUT2D eigenvalue weighted by Gasteiger charge is -2.08. The molecule has 0 spiro atoms. The van der Waals surface area contributed by atoms with E-state index in [2.05, 4.69) is 39.1 Å². The SMILES string of the molecule is Brc1ccc2c(c1)CCCc1[nH]c(C3C[C@@H]4C[C@@H]4C3)nc1-2. The summed E-state index contributed by atoms with van der Waals surface area (Å²) in [7, 11) is 0. The largest absolute Gasteiger partial charge is 0.345 e. The van der Waals surface area contributed by atoms with Gasteiger partial charge in [0.15, 0.2) is 0 Å². The van der Waals surface area contributed by atoms with Crippen molar-refractivity contribution < 1.29 is 0 Å². The van der Waals surface area contributed by atoms with Crippen LogP contribution in [0.1, 0.15) is 48.7 Å². The van der Waals surface area contributed by atoms with Crippen molar-refractivity contribution >= 4 is 15.9 Å². The molecule has 3 aliphatic rings. The monoisotopic (exact) mass is 342 g/mol. The number of aromatic amines is 1. The van der Waals surface area contributed by atoms with Gasteiger partial charge < -0.3 is 4.98 Å². The Morgan fingerprint density at radius 1 is 1.10 bits per heavy atom. The number of hydrogen-bond acceptors (Lipinski definition) is 1. The van der Waals surface area contributed by atoms with E-state index in [0.29, 0.717) is 5.92 Å². The van der Waals surface area contributed by atoms with Crippen molar-refractivity contribution in [1.82, 2.24) is 9.97 Å². The van der Waals surface area contributed by atoms with Gasteiger partial charge in [-0.15, -0.1) is 0 Å². The van der Waals surface area contributed by atoms with Crippen molar-refractivity contribution in [3.05, 3.63) is 39.8 Å². The van der Waals surface area contributed by atoms with Gasteiger partial charge in [0.2, 0.25) is 0 Å². The molecule has 0 saturated heterocycles. The molecule has 2 nitrogen and oxygen atoms in total. The highest BCUT2D eigenvalue weighted by Gasteiger charge is 2.47. The van der Waals surface area contributed by atoms with Crippen LogP contribution < -0.4 is 0 Å². The number of aromatic nitrogens is 2. The fourth-order valence-electron chi connectivity index (χ4n) is 4.42. The molecule has 1 N–H and O–H groups in total. The molecule has 1 unspecified atom stereocenters. The average molecular weight is 343 g/mol. The number of aryl methyl sites for hydroxylation is 2. The minimum Gasteiger partial charge on any atom is -0.345 e. The van der Waals surface area contributed by atoms with Crippen LogP contribution in [0, 0.1) is 11.8 Å². The van der Waals surface area contributed by atoms with E-state index >= 15 is 0 Å². The molecule has 0 aliphatic heterocycles. The van der Waals surface area contributed by atoms with Gasteiger partial charge in [-0.3, -0.25) is 0 Å². The first-order valence-electron chi connectivity index (χ1n) is 8.15. The number of fused-ring (bicyclic) bond motifs is 4. The minimum absolute atomic E-state index is 0.694. The maximum absolute atomic E-state index is 5.05. The summed E-state index contributed by atoms with van der Waals surface area (Å²) < 4.78 is 1.18. The summed E-state index contributed by atoms with van der Waals surface area (Å²) in [6, 6.07) is 6.65. The van der Waals surface area contributed by atoms with Crippen LogP contribution in [0.15, 0.2) is 22.7 Å². The van der Waals surface area contributed by atoms with Crippen molar-refractivity contribution in [2.45, 2.75) is 44.4 Å². The lowest BCUT2D eigenvalue weighted by atomic mass is 10.0. The molecule has 2 saturated carbocycles. The van der Waals surface area contributed by atoms with Gasteiger partial charge >= 0.3 is 0 Å². The maximum Gasteiger partial charge on any atom is 0.110 e. The zero-order chi connectivity index (χ0) is 14.0. The Hall–Kier alpha value is -1.09. The molecule has 3 heteroatoms. The second kappa shape index (κ2) is 4.45. The minimum atomic E-state index is 0.694. The number of halogens is 1. The van der Waals surface area contributed by atoms with Crippen LogP contribution in [0.25, 0.3) is 11.3 Å². The van der Waals surface area contributed by atoms with E-state index in [1.54, 1.807) is 0 Å². The number of rotatable bonds is 1. The summed E-state index contributed by atoms with van der Waals surface area (Å²) in [4.78, 5) is 8.74. The van der Waals surface area contributed by atoms with E-state index in [4.69, 9.17) is 4.98 Å². The Bertz CT molecular complexity index is 708. The van der Waals surface area contributed by atoms with Gasteiger partial charge in [0.1, 0.15) is 5.82 Å². The molecular weight excluding hydrogens is 324 g/mol. The van der Waals surface area contributed by atoms with Gasteiger partial charge in [-0.2, -0.15) is 0 Å². The third-order valence-electron chi connectivity index (χ3n) is 5.62. The Kier molecular flexibility index (Phi) is 2.64.